The predicted molar refractivity (Wildman–Crippen MR) is 145 cm³/mol. The molecule has 9 heteroatoms. The molecule has 0 spiro atoms. The van der Waals surface area contributed by atoms with Crippen LogP contribution >= 0.6 is 23.2 Å². The minimum atomic E-state index is -1.29. The third-order valence-electron chi connectivity index (χ3n) is 6.84. The maximum absolute atomic E-state index is 14.2. The van der Waals surface area contributed by atoms with E-state index < -0.39 is 17.3 Å². The van der Waals surface area contributed by atoms with Crippen LogP contribution in [0.25, 0.3) is 5.69 Å². The lowest BCUT2D eigenvalue weighted by atomic mass is 9.78. The number of aromatic nitrogens is 2. The van der Waals surface area contributed by atoms with Gasteiger partial charge in [-0.25, -0.2) is 9.07 Å². The number of benzene rings is 3. The molecule has 1 aromatic heterocycles. The highest BCUT2D eigenvalue weighted by Crippen LogP contribution is 2.52. The van der Waals surface area contributed by atoms with E-state index in [0.717, 1.165) is 12.0 Å². The molecular formula is C29H24Cl2FN3O3. The first kappa shape index (κ1) is 25.9. The zero-order valence-corrected chi connectivity index (χ0v) is 22.4. The van der Waals surface area contributed by atoms with Gasteiger partial charge in [0.2, 0.25) is 0 Å². The SMILES string of the molecule is COc1ccccc1-n1nc2c(c1C(C)C)C(CC=O)(c1ccc(Cl)cc1)N(c1ccc(F)c(Cl)c1)C2=O. The molecule has 1 atom stereocenters. The molecular weight excluding hydrogens is 528 g/mol. The van der Waals surface area contributed by atoms with Crippen molar-refractivity contribution in [2.75, 3.05) is 12.0 Å². The Morgan fingerprint density at radius 1 is 1.08 bits per heavy atom. The van der Waals surface area contributed by atoms with Gasteiger partial charge in [-0.15, -0.1) is 0 Å². The minimum absolute atomic E-state index is 0.0836. The number of fused-ring (bicyclic) bond motifs is 1. The van der Waals surface area contributed by atoms with Crippen LogP contribution in [0, 0.1) is 5.82 Å². The highest BCUT2D eigenvalue weighted by Gasteiger charge is 2.56. The van der Waals surface area contributed by atoms with Crippen molar-refractivity contribution in [3.05, 3.63) is 105 Å². The van der Waals surface area contributed by atoms with Crippen molar-refractivity contribution >= 4 is 41.1 Å². The number of rotatable bonds is 7. The first-order valence-corrected chi connectivity index (χ1v) is 12.8. The van der Waals surface area contributed by atoms with Crippen LogP contribution < -0.4 is 9.64 Å². The Bertz CT molecular complexity index is 1550. The second-order valence-electron chi connectivity index (χ2n) is 9.32. The Morgan fingerprint density at radius 2 is 1.79 bits per heavy atom. The summed E-state index contributed by atoms with van der Waals surface area (Å²) >= 11 is 12.4. The molecule has 0 fully saturated rings. The van der Waals surface area contributed by atoms with Gasteiger partial charge in [-0.1, -0.05) is 61.3 Å². The highest BCUT2D eigenvalue weighted by molar-refractivity contribution is 6.31. The third kappa shape index (κ3) is 3.89. The Hall–Kier alpha value is -3.68. The molecule has 1 amide bonds. The summed E-state index contributed by atoms with van der Waals surface area (Å²) in [5, 5.41) is 5.17. The number of hydrogen-bond acceptors (Lipinski definition) is 4. The maximum atomic E-state index is 14.2. The van der Waals surface area contributed by atoms with Crippen LogP contribution in [0.5, 0.6) is 5.75 Å². The number of carbonyl (C=O) groups excluding carboxylic acids is 2. The van der Waals surface area contributed by atoms with Gasteiger partial charge in [-0.05, 0) is 53.9 Å². The van der Waals surface area contributed by atoms with Crippen LogP contribution in [0.3, 0.4) is 0 Å². The van der Waals surface area contributed by atoms with Crippen molar-refractivity contribution < 1.29 is 18.7 Å². The van der Waals surface area contributed by atoms with Gasteiger partial charge in [0.1, 0.15) is 29.1 Å². The summed E-state index contributed by atoms with van der Waals surface area (Å²) in [6.45, 7) is 4.00. The fourth-order valence-corrected chi connectivity index (χ4v) is 5.59. The number of nitrogens with zero attached hydrogens (tertiary/aromatic N) is 3. The first-order valence-electron chi connectivity index (χ1n) is 12.0. The van der Waals surface area contributed by atoms with E-state index in [2.05, 4.69) is 0 Å². The first-order chi connectivity index (χ1) is 18.2. The monoisotopic (exact) mass is 551 g/mol. The molecule has 194 valence electrons. The third-order valence-corrected chi connectivity index (χ3v) is 7.39. The molecule has 6 nitrogen and oxygen atoms in total. The molecule has 1 unspecified atom stereocenters. The molecule has 0 N–H and O–H groups in total. The van der Waals surface area contributed by atoms with E-state index in [4.69, 9.17) is 33.0 Å². The summed E-state index contributed by atoms with van der Waals surface area (Å²) < 4.78 is 21.5. The van der Waals surface area contributed by atoms with E-state index in [1.807, 2.05) is 38.1 Å². The number of aldehydes is 1. The average Bonchev–Trinajstić information content (AvgIpc) is 3.41. The summed E-state index contributed by atoms with van der Waals surface area (Å²) in [5.74, 6) is -0.580. The standard InChI is InChI=1S/C29H24Cl2FN3O3/c1-17(2)27-25-26(33-35(27)23-6-4-5-7-24(23)38-3)28(37)34(20-12-13-22(32)21(31)16-20)29(25,14-15-36)18-8-10-19(30)11-9-18/h4-13,15-17H,14H2,1-3H3. The Kier molecular flexibility index (Phi) is 6.75. The molecule has 5 rings (SSSR count). The molecule has 1 aliphatic heterocycles. The van der Waals surface area contributed by atoms with Gasteiger partial charge >= 0.3 is 0 Å². The predicted octanol–water partition coefficient (Wildman–Crippen LogP) is 6.94. The Balaban J connectivity index is 1.90. The van der Waals surface area contributed by atoms with Crippen molar-refractivity contribution in [3.63, 3.8) is 0 Å². The van der Waals surface area contributed by atoms with E-state index in [1.165, 1.54) is 23.1 Å². The van der Waals surface area contributed by atoms with Crippen molar-refractivity contribution in [2.45, 2.75) is 31.7 Å². The van der Waals surface area contributed by atoms with Gasteiger partial charge in [-0.2, -0.15) is 5.10 Å². The van der Waals surface area contributed by atoms with Crippen molar-refractivity contribution in [1.29, 1.82) is 0 Å². The molecule has 2 heterocycles. The molecule has 0 saturated carbocycles. The van der Waals surface area contributed by atoms with Crippen LogP contribution in [0.1, 0.15) is 53.5 Å². The zero-order valence-electron chi connectivity index (χ0n) is 20.9. The minimum Gasteiger partial charge on any atom is -0.494 e. The smallest absolute Gasteiger partial charge is 0.280 e. The van der Waals surface area contributed by atoms with Crippen molar-refractivity contribution in [1.82, 2.24) is 9.78 Å². The number of carbonyl (C=O) groups is 2. The van der Waals surface area contributed by atoms with Gasteiger partial charge in [0, 0.05) is 22.7 Å². The summed E-state index contributed by atoms with van der Waals surface area (Å²) in [5.41, 5.74) is 1.89. The number of halogens is 3. The average molecular weight is 552 g/mol. The normalized spacial score (nSPS) is 16.7. The number of ether oxygens (including phenoxy) is 1. The fraction of sp³-hybridized carbons (Fsp3) is 0.207. The zero-order chi connectivity index (χ0) is 27.2. The van der Waals surface area contributed by atoms with Crippen molar-refractivity contribution in [3.8, 4) is 11.4 Å². The summed E-state index contributed by atoms with van der Waals surface area (Å²) in [7, 11) is 1.57. The molecule has 1 aliphatic rings. The van der Waals surface area contributed by atoms with E-state index in [1.54, 1.807) is 36.1 Å². The van der Waals surface area contributed by atoms with Crippen LogP contribution in [0.4, 0.5) is 10.1 Å². The quantitative estimate of drug-likeness (QED) is 0.233. The lowest BCUT2D eigenvalue weighted by Gasteiger charge is -2.39. The number of para-hydroxylation sites is 2. The second kappa shape index (κ2) is 9.89. The van der Waals surface area contributed by atoms with E-state index >= 15 is 0 Å². The van der Waals surface area contributed by atoms with Gasteiger partial charge in [0.25, 0.3) is 5.91 Å². The molecule has 0 radical (unpaired) electrons. The summed E-state index contributed by atoms with van der Waals surface area (Å²) in [6, 6.07) is 18.5. The molecule has 38 heavy (non-hydrogen) atoms. The van der Waals surface area contributed by atoms with E-state index in [-0.39, 0.29) is 23.1 Å². The van der Waals surface area contributed by atoms with Gasteiger partial charge in [0.15, 0.2) is 5.69 Å². The fourth-order valence-electron chi connectivity index (χ4n) is 5.29. The topological polar surface area (TPSA) is 64.4 Å². The van der Waals surface area contributed by atoms with Crippen molar-refractivity contribution in [2.24, 2.45) is 0 Å². The van der Waals surface area contributed by atoms with Crippen LogP contribution in [0.2, 0.25) is 10.0 Å². The molecule has 0 aliphatic carbocycles. The summed E-state index contributed by atoms with van der Waals surface area (Å²) in [6.07, 6.45) is 0.694. The molecule has 0 saturated heterocycles. The summed E-state index contributed by atoms with van der Waals surface area (Å²) in [4.78, 5) is 28.1. The van der Waals surface area contributed by atoms with E-state index in [9.17, 15) is 14.0 Å². The lowest BCUT2D eigenvalue weighted by Crippen LogP contribution is -2.46. The van der Waals surface area contributed by atoms with Gasteiger partial charge in [0.05, 0.1) is 17.8 Å². The molecule has 0 bridgehead atoms. The number of amides is 1. The van der Waals surface area contributed by atoms with Crippen LogP contribution in [-0.2, 0) is 10.3 Å². The number of anilines is 1. The van der Waals surface area contributed by atoms with E-state index in [0.29, 0.717) is 33.3 Å². The van der Waals surface area contributed by atoms with Crippen LogP contribution in [-0.4, -0.2) is 29.1 Å². The Labute approximate surface area is 229 Å². The molecule has 3 aromatic carbocycles. The van der Waals surface area contributed by atoms with Gasteiger partial charge in [-0.3, -0.25) is 9.69 Å². The largest absolute Gasteiger partial charge is 0.494 e. The number of methoxy groups -OCH3 is 1. The highest BCUT2D eigenvalue weighted by atomic mass is 35.5. The van der Waals surface area contributed by atoms with Crippen LogP contribution in [0.15, 0.2) is 66.7 Å². The Morgan fingerprint density at radius 3 is 2.42 bits per heavy atom. The second-order valence-corrected chi connectivity index (χ2v) is 10.2. The van der Waals surface area contributed by atoms with Gasteiger partial charge < -0.3 is 9.53 Å². The lowest BCUT2D eigenvalue weighted by molar-refractivity contribution is -0.108. The molecule has 4 aromatic rings. The number of hydrogen-bond donors (Lipinski definition) is 0. The maximum Gasteiger partial charge on any atom is 0.280 e.